The lowest BCUT2D eigenvalue weighted by molar-refractivity contribution is 0.122. The molecule has 154 valence electrons. The predicted molar refractivity (Wildman–Crippen MR) is 119 cm³/mol. The van der Waals surface area contributed by atoms with E-state index in [0.29, 0.717) is 35.4 Å². The Labute approximate surface area is 179 Å². The Morgan fingerprint density at radius 2 is 1.73 bits per heavy atom. The Kier molecular flexibility index (Phi) is 6.26. The minimum atomic E-state index is -0.368. The summed E-state index contributed by atoms with van der Waals surface area (Å²) in [5, 5.41) is 17.4. The second-order valence-electron chi connectivity index (χ2n) is 6.66. The maximum absolute atomic E-state index is 12.2. The Morgan fingerprint density at radius 1 is 1.00 bits per heavy atom. The van der Waals surface area contributed by atoms with Gasteiger partial charge < -0.3 is 25.6 Å². The van der Waals surface area contributed by atoms with Crippen molar-refractivity contribution >= 4 is 46.2 Å². The number of carbonyl (C=O) groups is 1. The molecule has 0 atom stereocenters. The average Bonchev–Trinajstić information content (AvgIpc) is 2.78. The number of para-hydroxylation sites is 1. The van der Waals surface area contributed by atoms with Crippen LogP contribution in [0.15, 0.2) is 60.8 Å². The Balaban J connectivity index is 1.36. The molecule has 2 amide bonds. The number of hydrogen-bond acceptors (Lipinski definition) is 6. The molecule has 2 aromatic carbocycles. The van der Waals surface area contributed by atoms with Crippen LogP contribution in [0.4, 0.5) is 33.4 Å². The summed E-state index contributed by atoms with van der Waals surface area (Å²) in [5.41, 5.74) is 3.04. The first kappa shape index (κ1) is 19.9. The molecule has 9 heteroatoms. The summed E-state index contributed by atoms with van der Waals surface area (Å²) >= 11 is 6.06. The number of halogens is 1. The SMILES string of the molecule is O=C(Nc1ccc(Nc2cc(N3CCOCC3)cnn2)cc1)Nc1ccccc1Cl. The van der Waals surface area contributed by atoms with E-state index in [2.05, 4.69) is 31.0 Å². The van der Waals surface area contributed by atoms with Crippen LogP contribution < -0.4 is 20.9 Å². The van der Waals surface area contributed by atoms with E-state index in [-0.39, 0.29) is 6.03 Å². The average molecular weight is 425 g/mol. The lowest BCUT2D eigenvalue weighted by atomic mass is 10.2. The molecule has 1 fully saturated rings. The number of benzene rings is 2. The van der Waals surface area contributed by atoms with Gasteiger partial charge in [-0.25, -0.2) is 4.79 Å². The highest BCUT2D eigenvalue weighted by molar-refractivity contribution is 6.33. The highest BCUT2D eigenvalue weighted by Gasteiger charge is 2.12. The van der Waals surface area contributed by atoms with Gasteiger partial charge in [-0.05, 0) is 36.4 Å². The van der Waals surface area contributed by atoms with Crippen molar-refractivity contribution in [1.29, 1.82) is 0 Å². The third-order valence-corrected chi connectivity index (χ3v) is 4.88. The standard InChI is InChI=1S/C21H21ClN6O2/c22-18-3-1-2-4-19(18)26-21(29)25-16-7-5-15(6-8-16)24-20-13-17(14-23-27-20)28-9-11-30-12-10-28/h1-8,13-14H,9-12H2,(H,24,27)(H2,25,26,29). The zero-order valence-corrected chi connectivity index (χ0v) is 16.9. The molecule has 0 unspecified atom stereocenters. The van der Waals surface area contributed by atoms with Crippen molar-refractivity contribution < 1.29 is 9.53 Å². The number of ether oxygens (including phenoxy) is 1. The van der Waals surface area contributed by atoms with Gasteiger partial charge in [0.1, 0.15) is 0 Å². The van der Waals surface area contributed by atoms with E-state index in [1.165, 1.54) is 0 Å². The van der Waals surface area contributed by atoms with Gasteiger partial charge in [-0.1, -0.05) is 23.7 Å². The maximum atomic E-state index is 12.2. The molecule has 3 N–H and O–H groups in total. The van der Waals surface area contributed by atoms with Gasteiger partial charge in [0.05, 0.1) is 35.8 Å². The highest BCUT2D eigenvalue weighted by Crippen LogP contribution is 2.23. The minimum absolute atomic E-state index is 0.368. The second kappa shape index (κ2) is 9.43. The second-order valence-corrected chi connectivity index (χ2v) is 7.07. The first-order valence-electron chi connectivity index (χ1n) is 9.52. The van der Waals surface area contributed by atoms with Gasteiger partial charge in [0.2, 0.25) is 0 Å². The summed E-state index contributed by atoms with van der Waals surface area (Å²) in [5.74, 6) is 0.649. The summed E-state index contributed by atoms with van der Waals surface area (Å²) in [6.07, 6.45) is 1.75. The Bertz CT molecular complexity index is 1010. The number of rotatable bonds is 5. The molecule has 0 radical (unpaired) electrons. The number of nitrogens with one attached hydrogen (secondary N) is 3. The van der Waals surface area contributed by atoms with E-state index in [0.717, 1.165) is 24.5 Å². The highest BCUT2D eigenvalue weighted by atomic mass is 35.5. The molecule has 1 aromatic heterocycles. The lowest BCUT2D eigenvalue weighted by Crippen LogP contribution is -2.36. The van der Waals surface area contributed by atoms with Gasteiger partial charge in [0, 0.05) is 30.5 Å². The van der Waals surface area contributed by atoms with Crippen molar-refractivity contribution in [1.82, 2.24) is 10.2 Å². The van der Waals surface area contributed by atoms with Crippen molar-refractivity contribution in [2.24, 2.45) is 0 Å². The maximum Gasteiger partial charge on any atom is 0.323 e. The van der Waals surface area contributed by atoms with Crippen LogP contribution in [0.25, 0.3) is 0 Å². The van der Waals surface area contributed by atoms with E-state index in [4.69, 9.17) is 16.3 Å². The molecular formula is C21H21ClN6O2. The monoisotopic (exact) mass is 424 g/mol. The summed E-state index contributed by atoms with van der Waals surface area (Å²) in [6, 6.07) is 16.0. The van der Waals surface area contributed by atoms with Crippen LogP contribution in [0.3, 0.4) is 0 Å². The number of nitrogens with zero attached hydrogens (tertiary/aromatic N) is 3. The molecule has 8 nitrogen and oxygen atoms in total. The number of morpholine rings is 1. The molecule has 0 spiro atoms. The van der Waals surface area contributed by atoms with Crippen LogP contribution in [0.2, 0.25) is 5.02 Å². The van der Waals surface area contributed by atoms with Crippen molar-refractivity contribution in [3.63, 3.8) is 0 Å². The number of carbonyl (C=O) groups excluding carboxylic acids is 1. The van der Waals surface area contributed by atoms with Crippen LogP contribution in [0.5, 0.6) is 0 Å². The van der Waals surface area contributed by atoms with Crippen LogP contribution in [0, 0.1) is 0 Å². The van der Waals surface area contributed by atoms with Gasteiger partial charge in [0.15, 0.2) is 5.82 Å². The van der Waals surface area contributed by atoms with Crippen molar-refractivity contribution in [2.45, 2.75) is 0 Å². The van der Waals surface area contributed by atoms with E-state index in [9.17, 15) is 4.79 Å². The van der Waals surface area contributed by atoms with Gasteiger partial charge >= 0.3 is 6.03 Å². The molecule has 3 aromatic rings. The van der Waals surface area contributed by atoms with Crippen LogP contribution >= 0.6 is 11.6 Å². The lowest BCUT2D eigenvalue weighted by Gasteiger charge is -2.28. The zero-order valence-electron chi connectivity index (χ0n) is 16.1. The predicted octanol–water partition coefficient (Wildman–Crippen LogP) is 4.35. The van der Waals surface area contributed by atoms with E-state index < -0.39 is 0 Å². The Hall–Kier alpha value is -3.36. The van der Waals surface area contributed by atoms with Crippen LogP contribution in [-0.4, -0.2) is 42.5 Å². The summed E-state index contributed by atoms with van der Waals surface area (Å²) in [7, 11) is 0. The largest absolute Gasteiger partial charge is 0.378 e. The quantitative estimate of drug-likeness (QED) is 0.564. The number of aromatic nitrogens is 2. The van der Waals surface area contributed by atoms with Gasteiger partial charge in [-0.3, -0.25) is 0 Å². The fourth-order valence-electron chi connectivity index (χ4n) is 3.04. The number of amides is 2. The van der Waals surface area contributed by atoms with Crippen molar-refractivity contribution in [3.05, 3.63) is 65.8 Å². The van der Waals surface area contributed by atoms with E-state index in [1.54, 1.807) is 42.6 Å². The third kappa shape index (κ3) is 5.16. The normalized spacial score (nSPS) is 13.6. The number of urea groups is 1. The topological polar surface area (TPSA) is 91.4 Å². The van der Waals surface area contributed by atoms with Gasteiger partial charge in [-0.15, -0.1) is 5.10 Å². The molecule has 1 aliphatic rings. The molecule has 0 saturated carbocycles. The third-order valence-electron chi connectivity index (χ3n) is 4.55. The van der Waals surface area contributed by atoms with Crippen LogP contribution in [0.1, 0.15) is 0 Å². The molecular weight excluding hydrogens is 404 g/mol. The fourth-order valence-corrected chi connectivity index (χ4v) is 3.23. The summed E-state index contributed by atoms with van der Waals surface area (Å²) in [6.45, 7) is 3.09. The first-order chi connectivity index (χ1) is 14.7. The molecule has 2 heterocycles. The van der Waals surface area contributed by atoms with E-state index in [1.807, 2.05) is 18.2 Å². The zero-order chi connectivity index (χ0) is 20.8. The molecule has 30 heavy (non-hydrogen) atoms. The van der Waals surface area contributed by atoms with Gasteiger partial charge in [-0.2, -0.15) is 5.10 Å². The Morgan fingerprint density at radius 3 is 2.50 bits per heavy atom. The molecule has 1 aliphatic heterocycles. The summed E-state index contributed by atoms with van der Waals surface area (Å²) < 4.78 is 5.39. The minimum Gasteiger partial charge on any atom is -0.378 e. The fraction of sp³-hybridized carbons (Fsp3) is 0.190. The number of anilines is 5. The number of hydrogen-bond donors (Lipinski definition) is 3. The van der Waals surface area contributed by atoms with E-state index >= 15 is 0 Å². The summed E-state index contributed by atoms with van der Waals surface area (Å²) in [4.78, 5) is 14.4. The molecule has 0 aliphatic carbocycles. The van der Waals surface area contributed by atoms with Crippen molar-refractivity contribution in [3.8, 4) is 0 Å². The molecule has 1 saturated heterocycles. The molecule has 4 rings (SSSR count). The van der Waals surface area contributed by atoms with Crippen LogP contribution in [-0.2, 0) is 4.74 Å². The molecule has 0 bridgehead atoms. The van der Waals surface area contributed by atoms with Gasteiger partial charge in [0.25, 0.3) is 0 Å². The van der Waals surface area contributed by atoms with Crippen molar-refractivity contribution in [2.75, 3.05) is 47.2 Å². The smallest absolute Gasteiger partial charge is 0.323 e. The first-order valence-corrected chi connectivity index (χ1v) is 9.90.